The molecule has 0 aromatic rings. The Morgan fingerprint density at radius 1 is 1.20 bits per heavy atom. The normalized spacial score (nSPS) is 27.4. The monoisotopic (exact) mass is 280 g/mol. The van der Waals surface area contributed by atoms with Crippen molar-refractivity contribution in [3.8, 4) is 0 Å². The van der Waals surface area contributed by atoms with Crippen LogP contribution in [-0.2, 0) is 4.79 Å². The maximum atomic E-state index is 12.5. The fraction of sp³-hybridized carbons (Fsp3) is 0.941. The first-order valence-electron chi connectivity index (χ1n) is 8.75. The maximum Gasteiger partial charge on any atom is 0.222 e. The highest BCUT2D eigenvalue weighted by molar-refractivity contribution is 5.76. The van der Waals surface area contributed by atoms with Crippen LogP contribution in [0.5, 0.6) is 0 Å². The topological polar surface area (TPSA) is 46.3 Å². The van der Waals surface area contributed by atoms with Crippen LogP contribution in [0.15, 0.2) is 0 Å². The van der Waals surface area contributed by atoms with Gasteiger partial charge in [0, 0.05) is 19.0 Å². The minimum Gasteiger partial charge on any atom is -0.339 e. The summed E-state index contributed by atoms with van der Waals surface area (Å²) in [6.07, 6.45) is 11.8. The van der Waals surface area contributed by atoms with Gasteiger partial charge in [0.25, 0.3) is 0 Å². The Morgan fingerprint density at radius 2 is 2.00 bits per heavy atom. The SMILES string of the molecule is CCCC(CCN)CCC(=O)N1CCC2CCCCC21. The fourth-order valence-electron chi connectivity index (χ4n) is 4.26. The smallest absolute Gasteiger partial charge is 0.222 e. The van der Waals surface area contributed by atoms with Crippen molar-refractivity contribution >= 4 is 5.91 Å². The molecule has 1 aliphatic heterocycles. The Hall–Kier alpha value is -0.570. The molecule has 20 heavy (non-hydrogen) atoms. The van der Waals surface area contributed by atoms with Gasteiger partial charge in [0.15, 0.2) is 0 Å². The Bertz CT molecular complexity index is 299. The van der Waals surface area contributed by atoms with Crippen LogP contribution in [0.2, 0.25) is 0 Å². The minimum atomic E-state index is 0.414. The second-order valence-corrected chi connectivity index (χ2v) is 6.76. The number of hydrogen-bond acceptors (Lipinski definition) is 2. The van der Waals surface area contributed by atoms with Gasteiger partial charge in [0.2, 0.25) is 5.91 Å². The van der Waals surface area contributed by atoms with Crippen LogP contribution in [-0.4, -0.2) is 29.9 Å². The van der Waals surface area contributed by atoms with Crippen molar-refractivity contribution in [2.45, 2.75) is 77.2 Å². The average Bonchev–Trinajstić information content (AvgIpc) is 2.89. The summed E-state index contributed by atoms with van der Waals surface area (Å²) in [5.74, 6) is 1.87. The van der Waals surface area contributed by atoms with Gasteiger partial charge in [-0.25, -0.2) is 0 Å². The molecule has 1 saturated carbocycles. The quantitative estimate of drug-likeness (QED) is 0.777. The Balaban J connectivity index is 1.79. The van der Waals surface area contributed by atoms with Crippen LogP contribution >= 0.6 is 0 Å². The molecule has 3 heteroatoms. The van der Waals surface area contributed by atoms with Gasteiger partial charge in [0.05, 0.1) is 0 Å². The van der Waals surface area contributed by atoms with Crippen molar-refractivity contribution in [2.75, 3.05) is 13.1 Å². The van der Waals surface area contributed by atoms with E-state index in [4.69, 9.17) is 5.73 Å². The van der Waals surface area contributed by atoms with Crippen LogP contribution in [0, 0.1) is 11.8 Å². The van der Waals surface area contributed by atoms with Crippen LogP contribution < -0.4 is 5.73 Å². The lowest BCUT2D eigenvalue weighted by molar-refractivity contribution is -0.133. The second kappa shape index (κ2) is 8.02. The zero-order valence-electron chi connectivity index (χ0n) is 13.2. The van der Waals surface area contributed by atoms with Crippen molar-refractivity contribution < 1.29 is 4.79 Å². The van der Waals surface area contributed by atoms with E-state index in [1.807, 2.05) is 0 Å². The standard InChI is InChI=1S/C17H32N2O/c1-2-5-14(10-12-18)8-9-17(20)19-13-11-15-6-3-4-7-16(15)19/h14-16H,2-13,18H2,1H3. The summed E-state index contributed by atoms with van der Waals surface area (Å²) in [6, 6.07) is 0.579. The van der Waals surface area contributed by atoms with E-state index in [1.54, 1.807) is 0 Å². The lowest BCUT2D eigenvalue weighted by atomic mass is 9.85. The van der Waals surface area contributed by atoms with Gasteiger partial charge in [-0.1, -0.05) is 32.6 Å². The van der Waals surface area contributed by atoms with Crippen LogP contribution in [0.25, 0.3) is 0 Å². The van der Waals surface area contributed by atoms with E-state index in [1.165, 1.54) is 44.9 Å². The molecule has 0 radical (unpaired) electrons. The average molecular weight is 280 g/mol. The van der Waals surface area contributed by atoms with E-state index >= 15 is 0 Å². The Morgan fingerprint density at radius 3 is 2.75 bits per heavy atom. The molecule has 3 nitrogen and oxygen atoms in total. The molecule has 116 valence electrons. The molecule has 0 bridgehead atoms. The molecule has 0 aromatic carbocycles. The predicted molar refractivity (Wildman–Crippen MR) is 83.4 cm³/mol. The minimum absolute atomic E-state index is 0.414. The van der Waals surface area contributed by atoms with Gasteiger partial charge in [-0.05, 0) is 50.5 Å². The van der Waals surface area contributed by atoms with Crippen molar-refractivity contribution in [1.29, 1.82) is 0 Å². The number of nitrogens with zero attached hydrogens (tertiary/aromatic N) is 1. The second-order valence-electron chi connectivity index (χ2n) is 6.76. The largest absolute Gasteiger partial charge is 0.339 e. The molecule has 2 N–H and O–H groups in total. The van der Waals surface area contributed by atoms with E-state index in [2.05, 4.69) is 11.8 Å². The summed E-state index contributed by atoms with van der Waals surface area (Å²) in [5, 5.41) is 0. The molecular weight excluding hydrogens is 248 g/mol. The maximum absolute atomic E-state index is 12.5. The van der Waals surface area contributed by atoms with E-state index in [9.17, 15) is 4.79 Å². The number of nitrogens with two attached hydrogens (primary N) is 1. The van der Waals surface area contributed by atoms with Gasteiger partial charge in [0.1, 0.15) is 0 Å². The Labute approximate surface area is 124 Å². The van der Waals surface area contributed by atoms with E-state index in [0.29, 0.717) is 17.9 Å². The third-order valence-corrected chi connectivity index (χ3v) is 5.37. The van der Waals surface area contributed by atoms with Crippen LogP contribution in [0.1, 0.15) is 71.1 Å². The highest BCUT2D eigenvalue weighted by Gasteiger charge is 2.37. The molecule has 1 aliphatic carbocycles. The van der Waals surface area contributed by atoms with Gasteiger partial charge in [-0.15, -0.1) is 0 Å². The number of carbonyl (C=O) groups excluding carboxylic acids is 1. The van der Waals surface area contributed by atoms with Gasteiger partial charge >= 0.3 is 0 Å². The third-order valence-electron chi connectivity index (χ3n) is 5.37. The van der Waals surface area contributed by atoms with Crippen molar-refractivity contribution in [2.24, 2.45) is 17.6 Å². The summed E-state index contributed by atoms with van der Waals surface area (Å²) in [4.78, 5) is 14.7. The highest BCUT2D eigenvalue weighted by Crippen LogP contribution is 2.36. The molecule has 3 unspecified atom stereocenters. The van der Waals surface area contributed by atoms with Crippen LogP contribution in [0.4, 0.5) is 0 Å². The van der Waals surface area contributed by atoms with Crippen molar-refractivity contribution in [3.63, 3.8) is 0 Å². The summed E-state index contributed by atoms with van der Waals surface area (Å²) >= 11 is 0. The van der Waals surface area contributed by atoms with E-state index < -0.39 is 0 Å². The van der Waals surface area contributed by atoms with Crippen molar-refractivity contribution in [1.82, 2.24) is 4.90 Å². The summed E-state index contributed by atoms with van der Waals surface area (Å²) in [6.45, 7) is 4.00. The molecule has 3 atom stereocenters. The first-order valence-corrected chi connectivity index (χ1v) is 8.75. The number of fused-ring (bicyclic) bond motifs is 1. The molecule has 1 heterocycles. The lowest BCUT2D eigenvalue weighted by Crippen LogP contribution is -2.39. The molecule has 0 spiro atoms. The number of likely N-dealkylation sites (tertiary alicyclic amines) is 1. The third kappa shape index (κ3) is 3.97. The number of hydrogen-bond donors (Lipinski definition) is 1. The van der Waals surface area contributed by atoms with Gasteiger partial charge in [-0.3, -0.25) is 4.79 Å². The molecule has 2 fully saturated rings. The van der Waals surface area contributed by atoms with Crippen molar-refractivity contribution in [3.05, 3.63) is 0 Å². The number of rotatable bonds is 7. The number of amides is 1. The van der Waals surface area contributed by atoms with Gasteiger partial charge in [-0.2, -0.15) is 0 Å². The predicted octanol–water partition coefficient (Wildman–Crippen LogP) is 3.32. The molecule has 2 aliphatic rings. The molecular formula is C17H32N2O. The first kappa shape index (κ1) is 15.8. The molecule has 0 aromatic heterocycles. The van der Waals surface area contributed by atoms with Crippen LogP contribution in [0.3, 0.4) is 0 Å². The Kier molecular flexibility index (Phi) is 6.34. The molecule has 1 saturated heterocycles. The highest BCUT2D eigenvalue weighted by atomic mass is 16.2. The summed E-state index contributed by atoms with van der Waals surface area (Å²) in [7, 11) is 0. The summed E-state index contributed by atoms with van der Waals surface area (Å²) in [5.41, 5.74) is 5.68. The zero-order chi connectivity index (χ0) is 14.4. The van der Waals surface area contributed by atoms with E-state index in [0.717, 1.165) is 38.3 Å². The lowest BCUT2D eigenvalue weighted by Gasteiger charge is -2.32. The molecule has 2 rings (SSSR count). The van der Waals surface area contributed by atoms with Gasteiger partial charge < -0.3 is 10.6 Å². The fourth-order valence-corrected chi connectivity index (χ4v) is 4.26. The van der Waals surface area contributed by atoms with E-state index in [-0.39, 0.29) is 0 Å². The molecule has 1 amide bonds. The summed E-state index contributed by atoms with van der Waals surface area (Å²) < 4.78 is 0. The zero-order valence-corrected chi connectivity index (χ0v) is 13.2. The number of carbonyl (C=O) groups is 1. The first-order chi connectivity index (χ1) is 9.76.